The van der Waals surface area contributed by atoms with Gasteiger partial charge < -0.3 is 16.0 Å². The van der Waals surface area contributed by atoms with E-state index in [4.69, 9.17) is 0 Å². The maximum atomic E-state index is 13.5. The second-order valence-corrected chi connectivity index (χ2v) is 6.47. The summed E-state index contributed by atoms with van der Waals surface area (Å²) in [5.74, 6) is -3.22. The fraction of sp³-hybridized carbons (Fsp3) is 0.167. The van der Waals surface area contributed by atoms with Crippen LogP contribution in [0.15, 0.2) is 40.9 Å². The minimum atomic E-state index is -0.981. The first-order valence-corrected chi connectivity index (χ1v) is 8.66. The molecule has 9 heteroatoms. The van der Waals surface area contributed by atoms with Crippen LogP contribution < -0.4 is 16.0 Å². The van der Waals surface area contributed by atoms with Crippen molar-refractivity contribution in [3.8, 4) is 0 Å². The van der Waals surface area contributed by atoms with Gasteiger partial charge in [0.25, 0.3) is 5.91 Å². The molecule has 27 heavy (non-hydrogen) atoms. The van der Waals surface area contributed by atoms with Gasteiger partial charge in [-0.2, -0.15) is 0 Å². The number of anilines is 2. The molecule has 0 heterocycles. The van der Waals surface area contributed by atoms with Crippen LogP contribution in [-0.4, -0.2) is 24.3 Å². The Hall–Kier alpha value is -2.81. The summed E-state index contributed by atoms with van der Waals surface area (Å²) in [6.45, 7) is 1.29. The van der Waals surface area contributed by atoms with Crippen LogP contribution in [0.4, 0.5) is 20.2 Å². The highest BCUT2D eigenvalue weighted by molar-refractivity contribution is 9.10. The fourth-order valence-electron chi connectivity index (χ4n) is 2.19. The molecule has 0 aliphatic rings. The first kappa shape index (κ1) is 20.5. The first-order valence-electron chi connectivity index (χ1n) is 7.86. The molecule has 0 spiro atoms. The van der Waals surface area contributed by atoms with Gasteiger partial charge in [0.05, 0.1) is 16.9 Å². The van der Waals surface area contributed by atoms with Crippen molar-refractivity contribution in [1.29, 1.82) is 0 Å². The minimum Gasteiger partial charge on any atom is -0.351 e. The average Bonchev–Trinajstić information content (AvgIpc) is 2.56. The van der Waals surface area contributed by atoms with E-state index in [0.29, 0.717) is 21.9 Å². The zero-order chi connectivity index (χ0) is 20.0. The van der Waals surface area contributed by atoms with Gasteiger partial charge in [-0.3, -0.25) is 14.4 Å². The monoisotopic (exact) mass is 439 g/mol. The normalized spacial score (nSPS) is 10.2. The number of nitrogens with one attached hydrogen (secondary N) is 3. The molecule has 2 aromatic rings. The first-order chi connectivity index (χ1) is 12.8. The van der Waals surface area contributed by atoms with Gasteiger partial charge in [0.15, 0.2) is 0 Å². The zero-order valence-electron chi connectivity index (χ0n) is 14.2. The number of carbonyl (C=O) groups is 3. The summed E-state index contributed by atoms with van der Waals surface area (Å²) in [4.78, 5) is 35.2. The minimum absolute atomic E-state index is 0.0506. The van der Waals surface area contributed by atoms with Crippen molar-refractivity contribution < 1.29 is 23.2 Å². The number of benzene rings is 2. The summed E-state index contributed by atoms with van der Waals surface area (Å²) in [5, 5.41) is 7.62. The maximum absolute atomic E-state index is 13.5. The molecule has 0 aliphatic carbocycles. The molecule has 0 fully saturated rings. The Bertz CT molecular complexity index is 890. The Labute approximate surface area is 162 Å². The van der Waals surface area contributed by atoms with Crippen molar-refractivity contribution in [2.24, 2.45) is 0 Å². The van der Waals surface area contributed by atoms with Crippen LogP contribution in [-0.2, 0) is 9.59 Å². The van der Waals surface area contributed by atoms with Crippen LogP contribution in [0, 0.1) is 11.6 Å². The maximum Gasteiger partial charge on any atom is 0.254 e. The van der Waals surface area contributed by atoms with Gasteiger partial charge >= 0.3 is 0 Å². The lowest BCUT2D eigenvalue weighted by Crippen LogP contribution is -2.28. The molecule has 0 bridgehead atoms. The van der Waals surface area contributed by atoms with E-state index in [1.165, 1.54) is 6.92 Å². The highest BCUT2D eigenvalue weighted by Crippen LogP contribution is 2.26. The number of carbonyl (C=O) groups excluding carboxylic acids is 3. The second kappa shape index (κ2) is 9.22. The summed E-state index contributed by atoms with van der Waals surface area (Å²) in [6.07, 6.45) is -0.0828. The van der Waals surface area contributed by atoms with E-state index in [2.05, 4.69) is 31.9 Å². The molecule has 142 valence electrons. The van der Waals surface area contributed by atoms with Crippen LogP contribution in [0.1, 0.15) is 23.7 Å². The van der Waals surface area contributed by atoms with Crippen molar-refractivity contribution in [2.45, 2.75) is 13.3 Å². The van der Waals surface area contributed by atoms with E-state index in [1.807, 2.05) is 0 Å². The lowest BCUT2D eigenvalue weighted by molar-refractivity contribution is -0.116. The van der Waals surface area contributed by atoms with Crippen LogP contribution in [0.2, 0.25) is 0 Å². The summed E-state index contributed by atoms with van der Waals surface area (Å²) in [5.41, 5.74) is 0.508. The Morgan fingerprint density at radius 2 is 1.74 bits per heavy atom. The van der Waals surface area contributed by atoms with Gasteiger partial charge in [0.1, 0.15) is 11.6 Å². The van der Waals surface area contributed by atoms with Gasteiger partial charge in [-0.15, -0.1) is 0 Å². The Morgan fingerprint density at radius 1 is 1.00 bits per heavy atom. The summed E-state index contributed by atoms with van der Waals surface area (Å²) < 4.78 is 27.1. The van der Waals surface area contributed by atoms with Crippen molar-refractivity contribution >= 4 is 45.0 Å². The molecule has 0 aromatic heterocycles. The topological polar surface area (TPSA) is 87.3 Å². The molecule has 6 nitrogen and oxygen atoms in total. The molecule has 0 saturated heterocycles. The van der Waals surface area contributed by atoms with Crippen molar-refractivity contribution in [3.05, 3.63) is 58.1 Å². The highest BCUT2D eigenvalue weighted by Gasteiger charge is 2.13. The van der Waals surface area contributed by atoms with Gasteiger partial charge in [0.2, 0.25) is 11.8 Å². The lowest BCUT2D eigenvalue weighted by atomic mass is 10.2. The van der Waals surface area contributed by atoms with Gasteiger partial charge in [0, 0.05) is 30.4 Å². The molecule has 0 unspecified atom stereocenters. The molecule has 0 radical (unpaired) electrons. The molecular weight excluding hydrogens is 424 g/mol. The number of amides is 3. The second-order valence-electron chi connectivity index (χ2n) is 5.55. The number of hydrogen-bond acceptors (Lipinski definition) is 3. The van der Waals surface area contributed by atoms with E-state index in [9.17, 15) is 23.2 Å². The van der Waals surface area contributed by atoms with Gasteiger partial charge in [-0.05, 0) is 30.3 Å². The van der Waals surface area contributed by atoms with E-state index in [-0.39, 0.29) is 24.4 Å². The molecular formula is C18H16BrF2N3O3. The zero-order valence-corrected chi connectivity index (χ0v) is 15.8. The molecule has 0 aliphatic heterocycles. The van der Waals surface area contributed by atoms with Gasteiger partial charge in [-0.25, -0.2) is 8.78 Å². The van der Waals surface area contributed by atoms with E-state index in [0.717, 1.165) is 12.1 Å². The average molecular weight is 440 g/mol. The van der Waals surface area contributed by atoms with Crippen molar-refractivity contribution in [1.82, 2.24) is 5.32 Å². The third kappa shape index (κ3) is 6.14. The quantitative estimate of drug-likeness (QED) is 0.643. The number of halogens is 3. The Morgan fingerprint density at radius 3 is 2.41 bits per heavy atom. The van der Waals surface area contributed by atoms with Crippen LogP contribution in [0.3, 0.4) is 0 Å². The fourth-order valence-corrected chi connectivity index (χ4v) is 2.55. The van der Waals surface area contributed by atoms with Crippen molar-refractivity contribution in [2.75, 3.05) is 17.2 Å². The van der Waals surface area contributed by atoms with Crippen LogP contribution >= 0.6 is 15.9 Å². The third-order valence-corrected chi connectivity index (χ3v) is 3.87. The molecule has 2 rings (SSSR count). The molecule has 0 saturated carbocycles. The SMILES string of the molecule is CC(=O)Nc1ccc(Br)cc1NC(=O)CCNC(=O)c1ccc(F)cc1F. The number of hydrogen-bond donors (Lipinski definition) is 3. The highest BCUT2D eigenvalue weighted by atomic mass is 79.9. The predicted molar refractivity (Wildman–Crippen MR) is 100 cm³/mol. The van der Waals surface area contributed by atoms with Crippen LogP contribution in [0.5, 0.6) is 0 Å². The Kier molecular flexibility index (Phi) is 7.00. The largest absolute Gasteiger partial charge is 0.351 e. The third-order valence-electron chi connectivity index (χ3n) is 3.38. The van der Waals surface area contributed by atoms with Crippen LogP contribution in [0.25, 0.3) is 0 Å². The summed E-state index contributed by atoms with van der Waals surface area (Å²) >= 11 is 3.28. The molecule has 3 N–H and O–H groups in total. The molecule has 3 amide bonds. The smallest absolute Gasteiger partial charge is 0.254 e. The Balaban J connectivity index is 1.92. The van der Waals surface area contributed by atoms with Gasteiger partial charge in [-0.1, -0.05) is 15.9 Å². The standard InChI is InChI=1S/C18H16BrF2N3O3/c1-10(25)23-15-5-2-11(19)8-16(15)24-17(26)6-7-22-18(27)13-4-3-12(20)9-14(13)21/h2-5,8-9H,6-7H2,1H3,(H,22,27)(H,23,25)(H,24,26). The molecule has 2 aromatic carbocycles. The van der Waals surface area contributed by atoms with E-state index < -0.39 is 23.4 Å². The van der Waals surface area contributed by atoms with E-state index >= 15 is 0 Å². The lowest BCUT2D eigenvalue weighted by Gasteiger charge is -2.12. The number of rotatable bonds is 6. The van der Waals surface area contributed by atoms with Crippen molar-refractivity contribution in [3.63, 3.8) is 0 Å². The van der Waals surface area contributed by atoms with E-state index in [1.54, 1.807) is 18.2 Å². The molecule has 0 atom stereocenters. The summed E-state index contributed by atoms with van der Waals surface area (Å²) in [6, 6.07) is 7.56. The predicted octanol–water partition coefficient (Wildman–Crippen LogP) is 3.44. The summed E-state index contributed by atoms with van der Waals surface area (Å²) in [7, 11) is 0.